The molecule has 2 atom stereocenters. The van der Waals surface area contributed by atoms with Gasteiger partial charge in [0.2, 0.25) is 0 Å². The highest BCUT2D eigenvalue weighted by molar-refractivity contribution is 7.21. The molecule has 1 aromatic heterocycles. The maximum absolute atomic E-state index is 14.3. The second-order valence-electron chi connectivity index (χ2n) is 11.8. The summed E-state index contributed by atoms with van der Waals surface area (Å²) in [6.07, 6.45) is 5.89. The maximum atomic E-state index is 14.3. The van der Waals surface area contributed by atoms with Gasteiger partial charge in [-0.3, -0.25) is 14.9 Å². The molecule has 0 bridgehead atoms. The van der Waals surface area contributed by atoms with Crippen molar-refractivity contribution in [3.8, 4) is 11.5 Å². The zero-order valence-corrected chi connectivity index (χ0v) is 25.5. The molecule has 0 spiro atoms. The lowest BCUT2D eigenvalue weighted by Crippen LogP contribution is -2.60. The molecule has 0 saturated heterocycles. The highest BCUT2D eigenvalue weighted by atomic mass is 32.1. The molecule has 4 aromatic rings. The van der Waals surface area contributed by atoms with Gasteiger partial charge in [0.15, 0.2) is 5.78 Å². The van der Waals surface area contributed by atoms with Gasteiger partial charge in [-0.05, 0) is 92.6 Å². The van der Waals surface area contributed by atoms with Crippen LogP contribution in [-0.2, 0) is 10.3 Å². The summed E-state index contributed by atoms with van der Waals surface area (Å²) in [5.41, 5.74) is 21.4. The van der Waals surface area contributed by atoms with Crippen molar-refractivity contribution >= 4 is 38.8 Å². The van der Waals surface area contributed by atoms with Gasteiger partial charge in [-0.25, -0.2) is 0 Å². The van der Waals surface area contributed by atoms with E-state index in [-0.39, 0.29) is 11.7 Å². The number of anilines is 1. The minimum Gasteiger partial charge on any atom is -0.457 e. The van der Waals surface area contributed by atoms with E-state index in [4.69, 9.17) is 21.9 Å². The lowest BCUT2D eigenvalue weighted by atomic mass is 9.69. The van der Waals surface area contributed by atoms with Crippen molar-refractivity contribution < 1.29 is 14.3 Å². The van der Waals surface area contributed by atoms with E-state index in [9.17, 15) is 9.59 Å². The number of benzene rings is 3. The summed E-state index contributed by atoms with van der Waals surface area (Å²) in [4.78, 5) is 28.7. The summed E-state index contributed by atoms with van der Waals surface area (Å²) in [5.74, 6) is 0.740. The normalized spacial score (nSPS) is 21.1. The monoisotopic (exact) mass is 597 g/mol. The average Bonchev–Trinajstić information content (AvgIpc) is 3.42. The lowest BCUT2D eigenvalue weighted by Gasteiger charge is -2.39. The second kappa shape index (κ2) is 11.4. The summed E-state index contributed by atoms with van der Waals surface area (Å²) in [6.45, 7) is 4.82. The van der Waals surface area contributed by atoms with Crippen molar-refractivity contribution in [2.24, 2.45) is 11.5 Å². The summed E-state index contributed by atoms with van der Waals surface area (Å²) in [6, 6.07) is 17.5. The van der Waals surface area contributed by atoms with Crippen molar-refractivity contribution in [3.05, 3.63) is 87.8 Å². The predicted octanol–water partition coefficient (Wildman–Crippen LogP) is 5.76. The number of Topliss-reactive ketones (excluding diaryl/α,β-unsaturated/α-hetero) is 1. The predicted molar refractivity (Wildman–Crippen MR) is 172 cm³/mol. The number of amides is 1. The standard InChI is InChI=1S/C34H39N5O3S/c1-3-18-38-33(16-8-5-9-17-33)39-32(41)30-27-26-24(14-15-25(35)29(26)43-30)34(37,31(40)28(27)36)23-13-12-22(19-20(23)2)42-21-10-6-4-7-11-21/h4,6-7,10-15,19,28,38H,3,5,8-9,16-18,35-37H2,1-2H3,(H,39,41)/t28-,34-/m1/s1. The number of ether oxygens (including phenoxy) is 1. The van der Waals surface area contributed by atoms with Crippen LogP contribution in [0.15, 0.2) is 60.7 Å². The molecule has 224 valence electrons. The molecule has 1 amide bonds. The van der Waals surface area contributed by atoms with E-state index >= 15 is 0 Å². The Morgan fingerprint density at radius 3 is 2.44 bits per heavy atom. The van der Waals surface area contributed by atoms with Crippen LogP contribution in [0, 0.1) is 6.92 Å². The fourth-order valence-electron chi connectivity index (χ4n) is 6.73. The van der Waals surface area contributed by atoms with Crippen molar-refractivity contribution in [1.82, 2.24) is 10.6 Å². The number of rotatable bonds is 8. The molecule has 6 rings (SSSR count). The molecule has 0 aliphatic heterocycles. The Hall–Kier alpha value is -3.76. The van der Waals surface area contributed by atoms with Gasteiger partial charge in [-0.15, -0.1) is 11.3 Å². The van der Waals surface area contributed by atoms with Gasteiger partial charge in [-0.1, -0.05) is 43.7 Å². The van der Waals surface area contributed by atoms with Crippen LogP contribution in [0.5, 0.6) is 11.5 Å². The Morgan fingerprint density at radius 2 is 1.74 bits per heavy atom. The fourth-order valence-corrected chi connectivity index (χ4v) is 7.93. The number of ketones is 1. The first-order valence-corrected chi connectivity index (χ1v) is 15.9. The number of hydrogen-bond acceptors (Lipinski definition) is 8. The van der Waals surface area contributed by atoms with Crippen molar-refractivity contribution in [1.29, 1.82) is 0 Å². The summed E-state index contributed by atoms with van der Waals surface area (Å²) >= 11 is 1.29. The number of hydrogen-bond donors (Lipinski definition) is 5. The summed E-state index contributed by atoms with van der Waals surface area (Å²) in [7, 11) is 0. The van der Waals surface area contributed by atoms with E-state index in [0.29, 0.717) is 44.1 Å². The number of aryl methyl sites for hydroxylation is 1. The molecule has 1 saturated carbocycles. The van der Waals surface area contributed by atoms with E-state index in [1.807, 2.05) is 55.5 Å². The molecule has 2 aliphatic rings. The van der Waals surface area contributed by atoms with Gasteiger partial charge in [-0.2, -0.15) is 0 Å². The van der Waals surface area contributed by atoms with Crippen LogP contribution in [0.25, 0.3) is 10.1 Å². The number of nitrogens with one attached hydrogen (secondary N) is 2. The number of thiophene rings is 1. The Balaban J connectivity index is 1.43. The van der Waals surface area contributed by atoms with Crippen molar-refractivity contribution in [3.63, 3.8) is 0 Å². The first kappa shape index (κ1) is 29.3. The molecular weight excluding hydrogens is 558 g/mol. The highest BCUT2D eigenvalue weighted by Crippen LogP contribution is 2.50. The number of para-hydroxylation sites is 1. The topological polar surface area (TPSA) is 145 Å². The van der Waals surface area contributed by atoms with E-state index in [1.165, 1.54) is 11.3 Å². The Kier molecular flexibility index (Phi) is 7.76. The molecule has 0 unspecified atom stereocenters. The molecule has 3 aromatic carbocycles. The van der Waals surface area contributed by atoms with Crippen LogP contribution in [-0.4, -0.2) is 23.9 Å². The van der Waals surface area contributed by atoms with E-state index in [1.54, 1.807) is 12.1 Å². The molecule has 1 fully saturated rings. The molecule has 43 heavy (non-hydrogen) atoms. The number of carbonyl (C=O) groups excluding carboxylic acids is 2. The van der Waals surface area contributed by atoms with Gasteiger partial charge >= 0.3 is 0 Å². The van der Waals surface area contributed by atoms with Crippen molar-refractivity contribution in [2.45, 2.75) is 69.6 Å². The smallest absolute Gasteiger partial charge is 0.263 e. The quantitative estimate of drug-likeness (QED) is 0.128. The third-order valence-corrected chi connectivity index (χ3v) is 10.1. The van der Waals surface area contributed by atoms with E-state index < -0.39 is 17.2 Å². The zero-order valence-electron chi connectivity index (χ0n) is 24.7. The fraction of sp³-hybridized carbons (Fsp3) is 0.353. The van der Waals surface area contributed by atoms with Gasteiger partial charge in [0.1, 0.15) is 17.0 Å². The van der Waals surface area contributed by atoms with Crippen LogP contribution in [0.4, 0.5) is 5.69 Å². The second-order valence-corrected chi connectivity index (χ2v) is 12.8. The Bertz CT molecular complexity index is 1700. The van der Waals surface area contributed by atoms with Gasteiger partial charge in [0.25, 0.3) is 5.91 Å². The van der Waals surface area contributed by atoms with E-state index in [0.717, 1.165) is 55.3 Å². The van der Waals surface area contributed by atoms with Crippen LogP contribution in [0.1, 0.15) is 83.4 Å². The van der Waals surface area contributed by atoms with Gasteiger partial charge in [0.05, 0.1) is 21.3 Å². The molecule has 1 heterocycles. The SMILES string of the molecule is CCCNC1(NC(=O)c2sc3c(N)ccc4c3c2[C@@H](N)C(=O)[C@@]4(N)c2ccc(Oc3ccccc3)cc2C)CCCCC1. The summed E-state index contributed by atoms with van der Waals surface area (Å²) in [5, 5.41) is 7.61. The third kappa shape index (κ3) is 5.00. The first-order valence-electron chi connectivity index (χ1n) is 15.0. The highest BCUT2D eigenvalue weighted by Gasteiger charge is 2.49. The Morgan fingerprint density at radius 1 is 1.02 bits per heavy atom. The van der Waals surface area contributed by atoms with Gasteiger partial charge < -0.3 is 27.3 Å². The number of nitrogen functional groups attached to an aromatic ring is 1. The van der Waals surface area contributed by atoms with Gasteiger partial charge in [0, 0.05) is 16.6 Å². The first-order chi connectivity index (χ1) is 20.7. The van der Waals surface area contributed by atoms with E-state index in [2.05, 4.69) is 17.6 Å². The number of carbonyl (C=O) groups is 2. The summed E-state index contributed by atoms with van der Waals surface area (Å²) < 4.78 is 6.74. The van der Waals surface area contributed by atoms with Crippen LogP contribution in [0.3, 0.4) is 0 Å². The third-order valence-electron chi connectivity index (χ3n) is 8.89. The van der Waals surface area contributed by atoms with Crippen LogP contribution in [0.2, 0.25) is 0 Å². The van der Waals surface area contributed by atoms with Crippen molar-refractivity contribution in [2.75, 3.05) is 12.3 Å². The largest absolute Gasteiger partial charge is 0.457 e. The minimum absolute atomic E-state index is 0.238. The molecular formula is C34H39N5O3S. The minimum atomic E-state index is -1.53. The zero-order chi connectivity index (χ0) is 30.4. The van der Waals surface area contributed by atoms with Crippen LogP contribution < -0.4 is 32.6 Å². The average molecular weight is 598 g/mol. The molecule has 8 N–H and O–H groups in total. The molecule has 2 aliphatic carbocycles. The number of nitrogens with two attached hydrogens (primary N) is 3. The molecule has 0 radical (unpaired) electrons. The lowest BCUT2D eigenvalue weighted by molar-refractivity contribution is -0.124. The maximum Gasteiger partial charge on any atom is 0.263 e. The Labute approximate surface area is 256 Å². The van der Waals surface area contributed by atoms with Crippen LogP contribution >= 0.6 is 11.3 Å². The molecule has 8 nitrogen and oxygen atoms in total. The molecule has 9 heteroatoms.